The largest absolute Gasteiger partial charge is 0.477 e. The fraction of sp³-hybridized carbons (Fsp3) is 0.474. The van der Waals surface area contributed by atoms with Crippen LogP contribution in [0.4, 0.5) is 10.1 Å². The normalized spacial score (nSPS) is 19.8. The summed E-state index contributed by atoms with van der Waals surface area (Å²) in [6.45, 7) is 3.10. The lowest BCUT2D eigenvalue weighted by molar-refractivity contribution is 0.0694. The molecular formula is C19H23ClFN3O3. The summed E-state index contributed by atoms with van der Waals surface area (Å²) in [6.07, 6.45) is 4.85. The van der Waals surface area contributed by atoms with Gasteiger partial charge in [0.1, 0.15) is 5.56 Å². The van der Waals surface area contributed by atoms with Crippen molar-refractivity contribution in [1.82, 2.24) is 4.40 Å². The number of aromatic carboxylic acids is 1. The van der Waals surface area contributed by atoms with Gasteiger partial charge in [-0.15, -0.1) is 12.4 Å². The van der Waals surface area contributed by atoms with E-state index in [9.17, 15) is 19.1 Å². The first-order valence-corrected chi connectivity index (χ1v) is 9.00. The molecule has 3 N–H and O–H groups in total. The molecule has 0 bridgehead atoms. The summed E-state index contributed by atoms with van der Waals surface area (Å²) in [5, 5.41) is 9.35. The van der Waals surface area contributed by atoms with Gasteiger partial charge in [-0.1, -0.05) is 0 Å². The number of aryl methyl sites for hydroxylation is 1. The van der Waals surface area contributed by atoms with Crippen LogP contribution in [0.3, 0.4) is 0 Å². The van der Waals surface area contributed by atoms with Gasteiger partial charge in [-0.2, -0.15) is 0 Å². The maximum absolute atomic E-state index is 15.0. The molecule has 27 heavy (non-hydrogen) atoms. The third kappa shape index (κ3) is 3.30. The van der Waals surface area contributed by atoms with Gasteiger partial charge >= 0.3 is 5.97 Å². The number of pyridine rings is 2. The summed E-state index contributed by atoms with van der Waals surface area (Å²) >= 11 is 0. The molecule has 2 aromatic heterocycles. The number of anilines is 1. The molecule has 0 unspecified atom stereocenters. The van der Waals surface area contributed by atoms with E-state index in [0.29, 0.717) is 23.3 Å². The third-order valence-electron chi connectivity index (χ3n) is 5.46. The fourth-order valence-electron chi connectivity index (χ4n) is 4.10. The highest BCUT2D eigenvalue weighted by atomic mass is 35.5. The number of hydrogen-bond donors (Lipinski definition) is 2. The number of nitrogens with two attached hydrogens (primary N) is 1. The monoisotopic (exact) mass is 395 g/mol. The highest BCUT2D eigenvalue weighted by molar-refractivity contribution is 5.89. The summed E-state index contributed by atoms with van der Waals surface area (Å²) < 4.78 is 16.1. The lowest BCUT2D eigenvalue weighted by Gasteiger charge is -2.34. The van der Waals surface area contributed by atoms with Crippen molar-refractivity contribution in [2.45, 2.75) is 44.6 Å². The van der Waals surface area contributed by atoms with E-state index >= 15 is 0 Å². The Balaban J connectivity index is 0.00000210. The molecule has 8 heteroatoms. The summed E-state index contributed by atoms with van der Waals surface area (Å²) in [4.78, 5) is 26.0. The number of rotatable bonds is 3. The van der Waals surface area contributed by atoms with Gasteiger partial charge in [0.25, 0.3) is 5.56 Å². The number of nitrogens with zero attached hydrogens (tertiary/aromatic N) is 2. The van der Waals surface area contributed by atoms with Crippen molar-refractivity contribution >= 4 is 29.6 Å². The van der Waals surface area contributed by atoms with Gasteiger partial charge in [0, 0.05) is 19.1 Å². The highest BCUT2D eigenvalue weighted by Gasteiger charge is 2.31. The molecule has 1 aliphatic carbocycles. The van der Waals surface area contributed by atoms with Crippen LogP contribution in [0.15, 0.2) is 17.1 Å². The first-order valence-electron chi connectivity index (χ1n) is 9.00. The predicted octanol–water partition coefficient (Wildman–Crippen LogP) is 2.67. The average Bonchev–Trinajstić information content (AvgIpc) is 3.40. The lowest BCUT2D eigenvalue weighted by Crippen LogP contribution is -2.43. The maximum atomic E-state index is 15.0. The molecule has 0 amide bonds. The van der Waals surface area contributed by atoms with Crippen LogP contribution in [0, 0.1) is 12.7 Å². The van der Waals surface area contributed by atoms with Crippen LogP contribution < -0.4 is 16.2 Å². The van der Waals surface area contributed by atoms with Crippen molar-refractivity contribution in [1.29, 1.82) is 0 Å². The van der Waals surface area contributed by atoms with Gasteiger partial charge in [-0.25, -0.2) is 9.18 Å². The second-order valence-electron chi connectivity index (χ2n) is 7.42. The van der Waals surface area contributed by atoms with Crippen LogP contribution in [0.5, 0.6) is 0 Å². The summed E-state index contributed by atoms with van der Waals surface area (Å²) in [5.74, 6) is -1.57. The molecule has 0 aromatic carbocycles. The molecule has 6 nitrogen and oxygen atoms in total. The second kappa shape index (κ2) is 7.13. The standard InChI is InChI=1S/C19H22FN3O3.ClH/c1-10-16-13(11-4-5-11)7-14(19(25)26)18(24)23(16)9-15(20)17(10)22-6-2-3-12(21)8-22;/h7,9,11-12H,2-6,8,21H2,1H3,(H,25,26);1H/t12-;/m1./s1. The fourth-order valence-corrected chi connectivity index (χ4v) is 4.10. The van der Waals surface area contributed by atoms with Crippen molar-refractivity contribution in [3.8, 4) is 0 Å². The Morgan fingerprint density at radius 3 is 2.63 bits per heavy atom. The Bertz CT molecular complexity index is 971. The Hall–Kier alpha value is -2.12. The summed E-state index contributed by atoms with van der Waals surface area (Å²) in [6, 6.07) is 1.48. The van der Waals surface area contributed by atoms with Crippen LogP contribution >= 0.6 is 12.4 Å². The highest BCUT2D eigenvalue weighted by Crippen LogP contribution is 2.44. The maximum Gasteiger partial charge on any atom is 0.341 e. The Morgan fingerprint density at radius 2 is 2.04 bits per heavy atom. The Labute approximate surface area is 162 Å². The minimum atomic E-state index is -1.28. The summed E-state index contributed by atoms with van der Waals surface area (Å²) in [7, 11) is 0. The Kier molecular flexibility index (Phi) is 5.18. The minimum absolute atomic E-state index is 0. The number of carbonyl (C=O) groups is 1. The first-order chi connectivity index (χ1) is 12.4. The molecule has 2 fully saturated rings. The molecule has 1 saturated heterocycles. The van der Waals surface area contributed by atoms with Crippen LogP contribution in [0.25, 0.3) is 5.52 Å². The molecule has 3 heterocycles. The number of piperidine rings is 1. The van der Waals surface area contributed by atoms with E-state index in [1.165, 1.54) is 10.5 Å². The molecule has 2 aliphatic rings. The van der Waals surface area contributed by atoms with Crippen molar-refractivity contribution in [2.24, 2.45) is 5.73 Å². The zero-order valence-corrected chi connectivity index (χ0v) is 15.9. The SMILES string of the molecule is Cc1c(N2CCC[C@@H](N)C2)c(F)cn2c(=O)c(C(=O)O)cc(C3CC3)c12.Cl. The molecule has 1 aliphatic heterocycles. The van der Waals surface area contributed by atoms with E-state index in [-0.39, 0.29) is 29.9 Å². The van der Waals surface area contributed by atoms with E-state index in [1.54, 1.807) is 6.92 Å². The number of aromatic nitrogens is 1. The van der Waals surface area contributed by atoms with Gasteiger partial charge < -0.3 is 15.7 Å². The number of carboxylic acids is 1. The van der Waals surface area contributed by atoms with Gasteiger partial charge in [0.05, 0.1) is 17.4 Å². The van der Waals surface area contributed by atoms with E-state index in [4.69, 9.17) is 5.73 Å². The van der Waals surface area contributed by atoms with Crippen LogP contribution in [-0.4, -0.2) is 34.6 Å². The average molecular weight is 396 g/mol. The van der Waals surface area contributed by atoms with Gasteiger partial charge in [-0.05, 0) is 55.7 Å². The van der Waals surface area contributed by atoms with Crippen molar-refractivity contribution in [2.75, 3.05) is 18.0 Å². The van der Waals surface area contributed by atoms with Gasteiger partial charge in [0.2, 0.25) is 0 Å². The van der Waals surface area contributed by atoms with E-state index in [1.807, 2.05) is 4.90 Å². The van der Waals surface area contributed by atoms with Crippen LogP contribution in [0.2, 0.25) is 0 Å². The van der Waals surface area contributed by atoms with Crippen molar-refractivity contribution in [3.05, 3.63) is 45.1 Å². The lowest BCUT2D eigenvalue weighted by atomic mass is 10.00. The predicted molar refractivity (Wildman–Crippen MR) is 104 cm³/mol. The van der Waals surface area contributed by atoms with E-state index < -0.39 is 17.3 Å². The van der Waals surface area contributed by atoms with Gasteiger partial charge in [0.15, 0.2) is 5.82 Å². The number of halogens is 2. The second-order valence-corrected chi connectivity index (χ2v) is 7.42. The smallest absolute Gasteiger partial charge is 0.341 e. The molecule has 4 rings (SSSR count). The zero-order valence-electron chi connectivity index (χ0n) is 15.1. The molecule has 1 saturated carbocycles. The minimum Gasteiger partial charge on any atom is -0.477 e. The van der Waals surface area contributed by atoms with Crippen molar-refractivity contribution in [3.63, 3.8) is 0 Å². The van der Waals surface area contributed by atoms with E-state index in [0.717, 1.165) is 44.0 Å². The Morgan fingerprint density at radius 1 is 1.33 bits per heavy atom. The number of hydrogen-bond acceptors (Lipinski definition) is 4. The molecule has 2 aromatic rings. The van der Waals surface area contributed by atoms with Crippen molar-refractivity contribution < 1.29 is 14.3 Å². The molecule has 0 radical (unpaired) electrons. The van der Waals surface area contributed by atoms with Crippen LogP contribution in [0.1, 0.15) is 53.1 Å². The number of fused-ring (bicyclic) bond motifs is 1. The van der Waals surface area contributed by atoms with Gasteiger partial charge in [-0.3, -0.25) is 9.20 Å². The first kappa shape index (κ1) is 19.6. The number of carboxylic acid groups (broad SMARTS) is 1. The summed E-state index contributed by atoms with van der Waals surface area (Å²) in [5.41, 5.74) is 7.66. The molecule has 146 valence electrons. The zero-order chi connectivity index (χ0) is 18.6. The van der Waals surface area contributed by atoms with Crippen LogP contribution in [-0.2, 0) is 0 Å². The molecule has 1 atom stereocenters. The topological polar surface area (TPSA) is 88.0 Å². The third-order valence-corrected chi connectivity index (χ3v) is 5.46. The molecular weight excluding hydrogens is 373 g/mol. The molecule has 0 spiro atoms. The van der Waals surface area contributed by atoms with E-state index in [2.05, 4.69) is 0 Å². The quantitative estimate of drug-likeness (QED) is 0.834.